The van der Waals surface area contributed by atoms with E-state index >= 15 is 0 Å². The second-order valence-electron chi connectivity index (χ2n) is 16.4. The van der Waals surface area contributed by atoms with Crippen molar-refractivity contribution in [1.82, 2.24) is 29.1 Å². The van der Waals surface area contributed by atoms with E-state index in [9.17, 15) is 40.4 Å². The molecule has 4 aliphatic rings. The molecule has 7 rings (SSSR count). The number of alkyl halides is 3. The average molecular weight is 803 g/mol. The number of amides is 2. The molecule has 3 aromatic rings. The summed E-state index contributed by atoms with van der Waals surface area (Å²) in [6.45, 7) is 5.32. The summed E-state index contributed by atoms with van der Waals surface area (Å²) in [6.07, 6.45) is 4.54. The molecule has 0 unspecified atom stereocenters. The molecule has 5 atom stereocenters. The quantitative estimate of drug-likeness (QED) is 0.206. The first kappa shape index (κ1) is 39.8. The van der Waals surface area contributed by atoms with Gasteiger partial charge in [-0.15, -0.1) is 0 Å². The van der Waals surface area contributed by atoms with Crippen LogP contribution >= 0.6 is 0 Å². The van der Waals surface area contributed by atoms with E-state index in [1.807, 2.05) is 26.0 Å². The van der Waals surface area contributed by atoms with Crippen LogP contribution in [0.5, 0.6) is 6.01 Å². The van der Waals surface area contributed by atoms with Gasteiger partial charge < -0.3 is 9.64 Å². The molecular formula is C39H46F4N6O6S. The molecule has 12 nitrogen and oxygen atoms in total. The average Bonchev–Trinajstić information content (AvgIpc) is 3.94. The SMILES string of the molecule is CC(C)n1c(O[C@@H]2C[C@H]3C(=O)C[C@]4(C(=O)NS(=O)(=O)C5(C)CC5)C[C@@H]4/C=C\CCCCC[C@H](Cc4cc(F)cc(C(F)(F)F)c4)C(=O)N3C2)nc2cncnc21. The maximum atomic E-state index is 14.7. The number of rotatable bonds is 8. The minimum atomic E-state index is -4.80. The number of benzene rings is 1. The second-order valence-corrected chi connectivity index (χ2v) is 18.6. The Morgan fingerprint density at radius 3 is 2.61 bits per heavy atom. The predicted molar refractivity (Wildman–Crippen MR) is 196 cm³/mol. The molecule has 56 heavy (non-hydrogen) atoms. The molecule has 2 amide bonds. The van der Waals surface area contributed by atoms with Gasteiger partial charge in [-0.05, 0) is 95.4 Å². The van der Waals surface area contributed by atoms with Crippen LogP contribution in [0.4, 0.5) is 17.6 Å². The van der Waals surface area contributed by atoms with Crippen LogP contribution in [-0.4, -0.2) is 73.9 Å². The number of aromatic nitrogens is 4. The highest BCUT2D eigenvalue weighted by atomic mass is 32.2. The number of allylic oxidation sites excluding steroid dienone is 2. The molecule has 1 aromatic carbocycles. The van der Waals surface area contributed by atoms with E-state index in [-0.39, 0.29) is 56.3 Å². The zero-order valence-corrected chi connectivity index (χ0v) is 32.3. The van der Waals surface area contributed by atoms with E-state index < -0.39 is 79.3 Å². The molecule has 2 aliphatic carbocycles. The molecule has 1 N–H and O–H groups in total. The third kappa shape index (κ3) is 7.92. The van der Waals surface area contributed by atoms with Crippen molar-refractivity contribution < 1.29 is 45.1 Å². The molecule has 2 aromatic heterocycles. The fourth-order valence-electron chi connectivity index (χ4n) is 8.16. The third-order valence-corrected chi connectivity index (χ3v) is 14.0. The second kappa shape index (κ2) is 14.8. The summed E-state index contributed by atoms with van der Waals surface area (Å²) in [4.78, 5) is 57.5. The molecule has 302 valence electrons. The monoisotopic (exact) mass is 802 g/mol. The number of hydrogen-bond donors (Lipinski definition) is 1. The molecule has 1 saturated heterocycles. The lowest BCUT2D eigenvalue weighted by atomic mass is 9.89. The molecule has 4 heterocycles. The van der Waals surface area contributed by atoms with Crippen molar-refractivity contribution >= 4 is 38.8 Å². The number of nitrogens with zero attached hydrogens (tertiary/aromatic N) is 5. The van der Waals surface area contributed by atoms with E-state index in [4.69, 9.17) is 4.74 Å². The van der Waals surface area contributed by atoms with Crippen LogP contribution in [0.25, 0.3) is 11.2 Å². The van der Waals surface area contributed by atoms with Gasteiger partial charge >= 0.3 is 6.18 Å². The van der Waals surface area contributed by atoms with Crippen LogP contribution in [0.2, 0.25) is 0 Å². The standard InChI is InChI=1S/C39H46F4N6O6S/c1-23(2)49-33-30(20-44-22-45-33)46-36(49)55-29-17-31-32(50)19-38(35(52)47-56(53,54)37(3)11-12-37)18-26(38)10-8-6-4-5-7-9-25(34(51)48(31)21-29)13-24-14-27(39(41,42)43)16-28(40)15-24/h8,10,14-16,20,22-23,25-26,29,31H,4-7,9,11-13,17-19,21H2,1-3H3,(H,47,52)/b10-8-/t25-,26+,29-,31+,38-/m1/s1. The molecule has 2 aliphatic heterocycles. The Bertz CT molecular complexity index is 2170. The highest BCUT2D eigenvalue weighted by Crippen LogP contribution is 2.57. The van der Waals surface area contributed by atoms with Crippen LogP contribution < -0.4 is 9.46 Å². The Hall–Kier alpha value is -4.41. The Morgan fingerprint density at radius 1 is 1.12 bits per heavy atom. The summed E-state index contributed by atoms with van der Waals surface area (Å²) in [5.74, 6) is -4.10. The topological polar surface area (TPSA) is 153 Å². The molecule has 17 heteroatoms. The lowest BCUT2D eigenvalue weighted by Gasteiger charge is -2.29. The number of Topliss-reactive ketones (excluding diaryl/α,β-unsaturated/α-hetero) is 1. The number of ketones is 1. The highest BCUT2D eigenvalue weighted by Gasteiger charge is 2.62. The first-order valence-corrected chi connectivity index (χ1v) is 20.7. The van der Waals surface area contributed by atoms with Gasteiger partial charge in [0.1, 0.15) is 23.8 Å². The van der Waals surface area contributed by atoms with Gasteiger partial charge in [0.05, 0.1) is 34.5 Å². The Morgan fingerprint density at radius 2 is 1.89 bits per heavy atom. The Kier molecular flexibility index (Phi) is 10.5. The van der Waals surface area contributed by atoms with E-state index in [1.165, 1.54) is 17.4 Å². The molecule has 3 fully saturated rings. The van der Waals surface area contributed by atoms with Gasteiger partial charge in [-0.2, -0.15) is 18.2 Å². The van der Waals surface area contributed by atoms with Crippen LogP contribution in [0.15, 0.2) is 42.9 Å². The van der Waals surface area contributed by atoms with Gasteiger partial charge in [0.2, 0.25) is 21.8 Å². The maximum absolute atomic E-state index is 14.7. The fourth-order valence-corrected chi connectivity index (χ4v) is 9.50. The summed E-state index contributed by atoms with van der Waals surface area (Å²) >= 11 is 0. The van der Waals surface area contributed by atoms with Gasteiger partial charge in [-0.25, -0.2) is 22.8 Å². The number of imidazole rings is 1. The normalized spacial score (nSPS) is 27.6. The van der Waals surface area contributed by atoms with Crippen LogP contribution in [-0.2, 0) is 37.0 Å². The number of sulfonamides is 1. The third-order valence-electron chi connectivity index (χ3n) is 11.8. The number of nitrogens with one attached hydrogen (secondary N) is 1. The lowest BCUT2D eigenvalue weighted by Crippen LogP contribution is -2.47. The van der Waals surface area contributed by atoms with E-state index in [1.54, 1.807) is 11.5 Å². The smallest absolute Gasteiger partial charge is 0.416 e. The van der Waals surface area contributed by atoms with Gasteiger partial charge in [0.25, 0.3) is 6.01 Å². The summed E-state index contributed by atoms with van der Waals surface area (Å²) in [7, 11) is -4.01. The number of hydrogen-bond acceptors (Lipinski definition) is 9. The van der Waals surface area contributed by atoms with Gasteiger partial charge in [-0.3, -0.25) is 23.7 Å². The maximum Gasteiger partial charge on any atom is 0.416 e. The van der Waals surface area contributed by atoms with Crippen molar-refractivity contribution in [2.45, 2.75) is 121 Å². The van der Waals surface area contributed by atoms with Crippen LogP contribution in [0.3, 0.4) is 0 Å². The summed E-state index contributed by atoms with van der Waals surface area (Å²) in [5, 5.41) is 0. The summed E-state index contributed by atoms with van der Waals surface area (Å²) in [6, 6.07) is 1.19. The largest absolute Gasteiger partial charge is 0.459 e. The lowest BCUT2D eigenvalue weighted by molar-refractivity contribution is -0.142. The highest BCUT2D eigenvalue weighted by molar-refractivity contribution is 7.91. The minimum absolute atomic E-state index is 0.000160. The van der Waals surface area contributed by atoms with E-state index in [0.29, 0.717) is 49.3 Å². The number of carbonyl (C=O) groups excluding carboxylic acids is 3. The van der Waals surface area contributed by atoms with Crippen molar-refractivity contribution in [3.8, 4) is 6.01 Å². The Balaban J connectivity index is 1.23. The van der Waals surface area contributed by atoms with Gasteiger partial charge in [0, 0.05) is 24.8 Å². The predicted octanol–water partition coefficient (Wildman–Crippen LogP) is 6.26. The van der Waals surface area contributed by atoms with Crippen molar-refractivity contribution in [3.63, 3.8) is 0 Å². The van der Waals surface area contributed by atoms with Crippen molar-refractivity contribution in [2.24, 2.45) is 17.3 Å². The van der Waals surface area contributed by atoms with Gasteiger partial charge in [-0.1, -0.05) is 25.0 Å². The zero-order chi connectivity index (χ0) is 40.2. The molecule has 0 bridgehead atoms. The van der Waals surface area contributed by atoms with Crippen LogP contribution in [0.1, 0.15) is 102 Å². The van der Waals surface area contributed by atoms with Crippen molar-refractivity contribution in [3.05, 3.63) is 59.8 Å². The van der Waals surface area contributed by atoms with E-state index in [0.717, 1.165) is 18.6 Å². The first-order chi connectivity index (χ1) is 26.4. The number of halogens is 4. The van der Waals surface area contributed by atoms with Gasteiger partial charge in [0.15, 0.2) is 11.4 Å². The minimum Gasteiger partial charge on any atom is -0.459 e. The zero-order valence-electron chi connectivity index (χ0n) is 31.5. The van der Waals surface area contributed by atoms with Crippen LogP contribution in [0, 0.1) is 23.1 Å². The van der Waals surface area contributed by atoms with E-state index in [2.05, 4.69) is 19.7 Å². The first-order valence-electron chi connectivity index (χ1n) is 19.2. The number of fused-ring (bicyclic) bond motifs is 3. The molecular weight excluding hydrogens is 757 g/mol. The molecule has 0 radical (unpaired) electrons. The van der Waals surface area contributed by atoms with Crippen molar-refractivity contribution in [1.29, 1.82) is 0 Å². The number of carbonyl (C=O) groups is 3. The Labute approximate surface area is 322 Å². The summed E-state index contributed by atoms with van der Waals surface area (Å²) < 4.78 is 91.4. The number of ether oxygens (including phenoxy) is 1. The fraction of sp³-hybridized carbons (Fsp3) is 0.590. The molecule has 0 spiro atoms. The van der Waals surface area contributed by atoms with Crippen molar-refractivity contribution in [2.75, 3.05) is 6.54 Å². The summed E-state index contributed by atoms with van der Waals surface area (Å²) in [5.41, 5.74) is -1.52. The molecule has 2 saturated carbocycles.